The Labute approximate surface area is 198 Å². The van der Waals surface area contributed by atoms with Crippen LogP contribution in [0.2, 0.25) is 0 Å². The third kappa shape index (κ3) is 4.73. The van der Waals surface area contributed by atoms with Gasteiger partial charge in [0, 0.05) is 37.6 Å². The molecule has 5 rings (SSSR count). The molecule has 1 N–H and O–H groups in total. The minimum Gasteiger partial charge on any atom is -0.378 e. The highest BCUT2D eigenvalue weighted by Crippen LogP contribution is 2.34. The molecule has 0 bridgehead atoms. The number of nitrogens with zero attached hydrogens (tertiary/aromatic N) is 6. The number of hydrogen-bond donors (Lipinski definition) is 1. The van der Waals surface area contributed by atoms with Crippen LogP contribution in [0.4, 0.5) is 20.3 Å². The highest BCUT2D eigenvalue weighted by Gasteiger charge is 2.26. The Balaban J connectivity index is 1.34. The molecule has 1 saturated heterocycles. The van der Waals surface area contributed by atoms with E-state index in [1.54, 1.807) is 21.6 Å². The van der Waals surface area contributed by atoms with E-state index >= 15 is 0 Å². The maximum Gasteiger partial charge on any atom is 0.284 e. The number of nitrogens with one attached hydrogen (secondary N) is 1. The van der Waals surface area contributed by atoms with Crippen LogP contribution in [0.1, 0.15) is 70.2 Å². The van der Waals surface area contributed by atoms with Crippen molar-refractivity contribution in [2.45, 2.75) is 77.7 Å². The van der Waals surface area contributed by atoms with Crippen LogP contribution >= 0.6 is 0 Å². The molecule has 2 atom stereocenters. The highest BCUT2D eigenvalue weighted by molar-refractivity contribution is 5.55. The molecule has 0 aromatic carbocycles. The van der Waals surface area contributed by atoms with E-state index in [1.165, 1.54) is 0 Å². The van der Waals surface area contributed by atoms with Crippen molar-refractivity contribution in [3.63, 3.8) is 0 Å². The monoisotopic (exact) mass is 473 g/mol. The summed E-state index contributed by atoms with van der Waals surface area (Å²) in [5.74, 6) is 1.56. The van der Waals surface area contributed by atoms with Crippen LogP contribution in [0.3, 0.4) is 0 Å². The van der Waals surface area contributed by atoms with Crippen LogP contribution in [0.25, 0.3) is 5.65 Å². The Morgan fingerprint density at radius 1 is 1.12 bits per heavy atom. The molecule has 3 aromatic heterocycles. The van der Waals surface area contributed by atoms with Crippen molar-refractivity contribution in [1.29, 1.82) is 0 Å². The summed E-state index contributed by atoms with van der Waals surface area (Å²) in [6.45, 7) is 8.24. The maximum atomic E-state index is 13.8. The number of ether oxygens (including phenoxy) is 1. The van der Waals surface area contributed by atoms with E-state index in [0.29, 0.717) is 23.8 Å². The summed E-state index contributed by atoms with van der Waals surface area (Å²) in [5, 5.41) is 11.8. The lowest BCUT2D eigenvalue weighted by atomic mass is 9.87. The lowest BCUT2D eigenvalue weighted by Crippen LogP contribution is -2.45. The Morgan fingerprint density at radius 2 is 1.85 bits per heavy atom. The molecular weight excluding hydrogens is 440 g/mol. The Kier molecular flexibility index (Phi) is 6.42. The van der Waals surface area contributed by atoms with Crippen LogP contribution in [0, 0.1) is 5.92 Å². The Morgan fingerprint density at radius 3 is 2.56 bits per heavy atom. The predicted octanol–water partition coefficient (Wildman–Crippen LogP) is 4.84. The fourth-order valence-corrected chi connectivity index (χ4v) is 5.16. The number of fused-ring (bicyclic) bond motifs is 1. The number of anilines is 2. The predicted molar refractivity (Wildman–Crippen MR) is 126 cm³/mol. The Hall–Kier alpha value is -2.75. The first kappa shape index (κ1) is 23.0. The lowest BCUT2D eigenvalue weighted by molar-refractivity contribution is -0.00545. The van der Waals surface area contributed by atoms with E-state index in [0.717, 1.165) is 50.2 Å². The molecule has 0 amide bonds. The van der Waals surface area contributed by atoms with Crippen LogP contribution in [-0.4, -0.2) is 49.7 Å². The first-order valence-electron chi connectivity index (χ1n) is 12.2. The van der Waals surface area contributed by atoms with Crippen molar-refractivity contribution in [1.82, 2.24) is 24.4 Å². The zero-order valence-electron chi connectivity index (χ0n) is 20.0. The van der Waals surface area contributed by atoms with Crippen LogP contribution in [-0.2, 0) is 11.3 Å². The van der Waals surface area contributed by atoms with Gasteiger partial charge in [0.2, 0.25) is 0 Å². The number of halogens is 2. The molecule has 2 fully saturated rings. The summed E-state index contributed by atoms with van der Waals surface area (Å²) >= 11 is 0. The number of aromatic nitrogens is 5. The molecule has 184 valence electrons. The largest absolute Gasteiger partial charge is 0.378 e. The van der Waals surface area contributed by atoms with Crippen LogP contribution in [0.5, 0.6) is 0 Å². The molecule has 2 aliphatic rings. The molecule has 1 aliphatic carbocycles. The van der Waals surface area contributed by atoms with Crippen molar-refractivity contribution in [3.05, 3.63) is 35.9 Å². The molecule has 10 heteroatoms. The van der Waals surface area contributed by atoms with E-state index in [9.17, 15) is 8.78 Å². The normalized spacial score (nSPS) is 25.9. The van der Waals surface area contributed by atoms with Gasteiger partial charge in [-0.05, 0) is 51.5 Å². The molecule has 0 unspecified atom stereocenters. The van der Waals surface area contributed by atoms with E-state index in [1.807, 2.05) is 12.3 Å². The van der Waals surface area contributed by atoms with Gasteiger partial charge in [-0.3, -0.25) is 4.68 Å². The van der Waals surface area contributed by atoms with E-state index in [2.05, 4.69) is 41.2 Å². The molecule has 4 heterocycles. The lowest BCUT2D eigenvalue weighted by Gasteiger charge is -2.36. The molecule has 8 nitrogen and oxygen atoms in total. The second-order valence-electron chi connectivity index (χ2n) is 9.86. The first-order valence-corrected chi connectivity index (χ1v) is 12.2. The summed E-state index contributed by atoms with van der Waals surface area (Å²) in [7, 11) is 0. The van der Waals surface area contributed by atoms with Gasteiger partial charge < -0.3 is 15.0 Å². The zero-order valence-corrected chi connectivity index (χ0v) is 20.0. The van der Waals surface area contributed by atoms with E-state index < -0.39 is 6.43 Å². The minimum atomic E-state index is -2.63. The van der Waals surface area contributed by atoms with Gasteiger partial charge in [0.25, 0.3) is 6.43 Å². The molecule has 1 saturated carbocycles. The molecule has 0 spiro atoms. The maximum absolute atomic E-state index is 13.8. The zero-order chi connectivity index (χ0) is 23.8. The summed E-state index contributed by atoms with van der Waals surface area (Å²) < 4.78 is 36.8. The first-order chi connectivity index (χ1) is 16.4. The van der Waals surface area contributed by atoms with Gasteiger partial charge in [0.1, 0.15) is 5.82 Å². The molecule has 1 aliphatic heterocycles. The second kappa shape index (κ2) is 9.48. The minimum absolute atomic E-state index is 0.129. The van der Waals surface area contributed by atoms with Crippen LogP contribution in [0.15, 0.2) is 24.7 Å². The second-order valence-corrected chi connectivity index (χ2v) is 9.86. The van der Waals surface area contributed by atoms with Gasteiger partial charge >= 0.3 is 0 Å². The summed E-state index contributed by atoms with van der Waals surface area (Å²) in [5.41, 5.74) is 1.74. The third-order valence-electron chi connectivity index (χ3n) is 6.97. The molecule has 34 heavy (non-hydrogen) atoms. The average molecular weight is 474 g/mol. The van der Waals surface area contributed by atoms with Gasteiger partial charge in [-0.15, -0.1) is 0 Å². The van der Waals surface area contributed by atoms with Crippen molar-refractivity contribution in [3.8, 4) is 0 Å². The van der Waals surface area contributed by atoms with Gasteiger partial charge in [-0.2, -0.15) is 10.2 Å². The molecular formula is C24H33F2N7O. The highest BCUT2D eigenvalue weighted by atomic mass is 19.3. The topological polar surface area (TPSA) is 72.5 Å². The van der Waals surface area contributed by atoms with Crippen molar-refractivity contribution in [2.24, 2.45) is 5.92 Å². The number of morpholine rings is 1. The Bertz CT molecular complexity index is 1110. The van der Waals surface area contributed by atoms with E-state index in [4.69, 9.17) is 9.72 Å². The number of alkyl halides is 2. The van der Waals surface area contributed by atoms with Crippen molar-refractivity contribution >= 4 is 17.2 Å². The third-order valence-corrected chi connectivity index (χ3v) is 6.97. The van der Waals surface area contributed by atoms with Gasteiger partial charge in [-0.1, -0.05) is 6.92 Å². The SMILES string of the molecule is C[C@@H]1CN(c2ccn3ncc(CNc4cn([C@H]5CC[C@H](C)CC5)nc4C(F)F)c3n2)C[C@H](C)O1. The van der Waals surface area contributed by atoms with Gasteiger partial charge in [0.05, 0.1) is 30.1 Å². The van der Waals surface area contributed by atoms with Gasteiger partial charge in [0.15, 0.2) is 11.3 Å². The molecule has 0 radical (unpaired) electrons. The fraction of sp³-hybridized carbons (Fsp3) is 0.625. The summed E-state index contributed by atoms with van der Waals surface area (Å²) in [6.07, 6.45) is 7.15. The smallest absolute Gasteiger partial charge is 0.284 e. The van der Waals surface area contributed by atoms with E-state index in [-0.39, 0.29) is 23.9 Å². The molecule has 3 aromatic rings. The average Bonchev–Trinajstić information content (AvgIpc) is 3.41. The summed E-state index contributed by atoms with van der Waals surface area (Å²) in [6, 6.07) is 2.13. The van der Waals surface area contributed by atoms with Crippen LogP contribution < -0.4 is 10.2 Å². The van der Waals surface area contributed by atoms with Crippen molar-refractivity contribution in [2.75, 3.05) is 23.3 Å². The summed E-state index contributed by atoms with van der Waals surface area (Å²) in [4.78, 5) is 7.06. The van der Waals surface area contributed by atoms with Crippen molar-refractivity contribution < 1.29 is 13.5 Å². The number of rotatable bonds is 6. The quantitative estimate of drug-likeness (QED) is 0.552. The standard InChI is InChI=1S/C24H33F2N7O/c1-15-4-6-19(7-5-15)33-14-20(22(30-33)23(25)26)27-10-18-11-28-32-9-8-21(29-24(18)32)31-12-16(2)34-17(3)13-31/h8-9,11,14-17,19,23,27H,4-7,10,12-13H2,1-3H3/t15-,16-,17+,19-. The number of hydrogen-bond acceptors (Lipinski definition) is 6. The fourth-order valence-electron chi connectivity index (χ4n) is 5.16. The van der Waals surface area contributed by atoms with Gasteiger partial charge in [-0.25, -0.2) is 18.3 Å².